The lowest BCUT2D eigenvalue weighted by atomic mass is 9.94. The highest BCUT2D eigenvalue weighted by Crippen LogP contribution is 2.45. The highest BCUT2D eigenvalue weighted by Gasteiger charge is 2.63. The van der Waals surface area contributed by atoms with Gasteiger partial charge in [0.05, 0.1) is 19.3 Å². The first-order valence-corrected chi connectivity index (χ1v) is 7.76. The standard InChI is InChI=1S/C14H20FN3O7/c15-8-3-6(4-19)25-14(8,18-2-1-9(16)17-13(18)23)12-11(22)10(21)7(5-20)24-12/h1-2,6-8,10-12,19-22H,3-5H2,(H2,16,17,23)/t6-,7+,8+,10+,11-,12?,14-/m0/s1. The molecule has 0 aromatic carbocycles. The maximum Gasteiger partial charge on any atom is 0.352 e. The average molecular weight is 361 g/mol. The Hall–Kier alpha value is -1.63. The van der Waals surface area contributed by atoms with Crippen LogP contribution < -0.4 is 11.4 Å². The summed E-state index contributed by atoms with van der Waals surface area (Å²) in [6, 6.07) is 1.24. The summed E-state index contributed by atoms with van der Waals surface area (Å²) in [5, 5.41) is 38.9. The van der Waals surface area contributed by atoms with E-state index in [2.05, 4.69) is 4.98 Å². The predicted octanol–water partition coefficient (Wildman–Crippen LogP) is -2.92. The summed E-state index contributed by atoms with van der Waals surface area (Å²) in [6.07, 6.45) is -7.79. The Labute approximate surface area is 141 Å². The molecule has 2 aliphatic heterocycles. The molecule has 1 unspecified atom stereocenters. The van der Waals surface area contributed by atoms with Crippen LogP contribution in [-0.2, 0) is 15.2 Å². The Balaban J connectivity index is 2.12. The Morgan fingerprint density at radius 2 is 2.08 bits per heavy atom. The number of aliphatic hydroxyl groups excluding tert-OH is 4. The van der Waals surface area contributed by atoms with Gasteiger partial charge in [0.25, 0.3) is 0 Å². The fraction of sp³-hybridized carbons (Fsp3) is 0.714. The lowest BCUT2D eigenvalue weighted by Crippen LogP contribution is -2.59. The molecule has 2 aliphatic rings. The third kappa shape index (κ3) is 2.72. The molecule has 140 valence electrons. The Morgan fingerprint density at radius 3 is 2.60 bits per heavy atom. The number of hydrogen-bond donors (Lipinski definition) is 5. The first-order valence-electron chi connectivity index (χ1n) is 7.76. The summed E-state index contributed by atoms with van der Waals surface area (Å²) >= 11 is 0. The molecule has 0 saturated carbocycles. The first-order chi connectivity index (χ1) is 11.8. The van der Waals surface area contributed by atoms with Gasteiger partial charge >= 0.3 is 5.69 Å². The molecular weight excluding hydrogens is 341 g/mol. The molecule has 0 bridgehead atoms. The predicted molar refractivity (Wildman–Crippen MR) is 80.1 cm³/mol. The van der Waals surface area contributed by atoms with E-state index in [1.165, 1.54) is 6.07 Å². The number of aliphatic hydroxyl groups is 4. The minimum atomic E-state index is -2.17. The average Bonchev–Trinajstić information content (AvgIpc) is 3.06. The van der Waals surface area contributed by atoms with Crippen LogP contribution in [-0.4, -0.2) is 79.9 Å². The van der Waals surface area contributed by atoms with Crippen LogP contribution in [0.2, 0.25) is 0 Å². The van der Waals surface area contributed by atoms with Gasteiger partial charge in [0.2, 0.25) is 5.72 Å². The van der Waals surface area contributed by atoms with Gasteiger partial charge in [-0.25, -0.2) is 9.18 Å². The minimum absolute atomic E-state index is 0.0929. The van der Waals surface area contributed by atoms with Crippen molar-refractivity contribution in [1.82, 2.24) is 9.55 Å². The number of halogens is 1. The highest BCUT2D eigenvalue weighted by molar-refractivity contribution is 5.24. The molecule has 2 saturated heterocycles. The molecule has 1 aromatic heterocycles. The van der Waals surface area contributed by atoms with Crippen LogP contribution in [0.4, 0.5) is 10.2 Å². The molecule has 3 heterocycles. The van der Waals surface area contributed by atoms with Gasteiger partial charge in [-0.15, -0.1) is 0 Å². The van der Waals surface area contributed by atoms with E-state index in [1.54, 1.807) is 0 Å². The van der Waals surface area contributed by atoms with Crippen molar-refractivity contribution in [3.8, 4) is 0 Å². The SMILES string of the molecule is Nc1ccn([C@]2(C3O[C@H](CO)[C@@H](O)[C@@H]3O)O[C@H](CO)C[C@H]2F)c(=O)n1. The second kappa shape index (κ2) is 6.59. The van der Waals surface area contributed by atoms with Crippen LogP contribution in [0.1, 0.15) is 6.42 Å². The van der Waals surface area contributed by atoms with Crippen LogP contribution in [0.3, 0.4) is 0 Å². The number of alkyl halides is 1. The van der Waals surface area contributed by atoms with Crippen LogP contribution in [0.25, 0.3) is 0 Å². The van der Waals surface area contributed by atoms with Crippen molar-refractivity contribution in [1.29, 1.82) is 0 Å². The van der Waals surface area contributed by atoms with Gasteiger partial charge in [-0.1, -0.05) is 0 Å². The van der Waals surface area contributed by atoms with Crippen molar-refractivity contribution in [2.24, 2.45) is 0 Å². The van der Waals surface area contributed by atoms with E-state index in [0.717, 1.165) is 10.8 Å². The number of hydrogen-bond acceptors (Lipinski definition) is 9. The van der Waals surface area contributed by atoms with Gasteiger partial charge < -0.3 is 35.6 Å². The monoisotopic (exact) mass is 361 g/mol. The third-order valence-electron chi connectivity index (χ3n) is 4.63. The largest absolute Gasteiger partial charge is 0.394 e. The van der Waals surface area contributed by atoms with E-state index in [0.29, 0.717) is 0 Å². The zero-order chi connectivity index (χ0) is 18.4. The number of nitrogens with zero attached hydrogens (tertiary/aromatic N) is 2. The van der Waals surface area contributed by atoms with Crippen LogP contribution in [0.15, 0.2) is 17.1 Å². The summed E-state index contributed by atoms with van der Waals surface area (Å²) in [5.74, 6) is -0.0929. The molecule has 0 aliphatic carbocycles. The summed E-state index contributed by atoms with van der Waals surface area (Å²) in [4.78, 5) is 15.8. The van der Waals surface area contributed by atoms with Gasteiger partial charge in [-0.2, -0.15) is 4.98 Å². The lowest BCUT2D eigenvalue weighted by molar-refractivity contribution is -0.224. The normalized spacial score (nSPS) is 41.3. The van der Waals surface area contributed by atoms with Crippen molar-refractivity contribution < 1.29 is 34.3 Å². The molecule has 6 N–H and O–H groups in total. The van der Waals surface area contributed by atoms with E-state index in [9.17, 15) is 25.2 Å². The van der Waals surface area contributed by atoms with Crippen molar-refractivity contribution in [2.75, 3.05) is 18.9 Å². The van der Waals surface area contributed by atoms with Crippen LogP contribution in [0, 0.1) is 0 Å². The van der Waals surface area contributed by atoms with Crippen LogP contribution >= 0.6 is 0 Å². The fourth-order valence-corrected chi connectivity index (χ4v) is 3.41. The summed E-state index contributed by atoms with van der Waals surface area (Å²) in [5.41, 5.74) is 2.33. The number of anilines is 1. The molecular formula is C14H20FN3O7. The fourth-order valence-electron chi connectivity index (χ4n) is 3.41. The second-order valence-electron chi connectivity index (χ2n) is 6.14. The summed E-state index contributed by atoms with van der Waals surface area (Å²) < 4.78 is 26.8. The molecule has 10 nitrogen and oxygen atoms in total. The van der Waals surface area contributed by atoms with E-state index in [4.69, 9.17) is 15.2 Å². The van der Waals surface area contributed by atoms with E-state index >= 15 is 4.39 Å². The zero-order valence-electron chi connectivity index (χ0n) is 13.1. The molecule has 1 aromatic rings. The zero-order valence-corrected chi connectivity index (χ0v) is 13.1. The number of nitrogen functional groups attached to an aromatic ring is 1. The van der Waals surface area contributed by atoms with Gasteiger partial charge in [-0.05, 0) is 6.07 Å². The van der Waals surface area contributed by atoms with Gasteiger partial charge in [0, 0.05) is 12.6 Å². The number of ether oxygens (including phenoxy) is 2. The molecule has 25 heavy (non-hydrogen) atoms. The van der Waals surface area contributed by atoms with Gasteiger partial charge in [0.15, 0.2) is 6.17 Å². The quantitative estimate of drug-likeness (QED) is 0.378. The maximum atomic E-state index is 15.0. The van der Waals surface area contributed by atoms with Crippen molar-refractivity contribution >= 4 is 5.82 Å². The van der Waals surface area contributed by atoms with Crippen LogP contribution in [0.5, 0.6) is 0 Å². The maximum absolute atomic E-state index is 15.0. The Morgan fingerprint density at radius 1 is 1.36 bits per heavy atom. The van der Waals surface area contributed by atoms with E-state index in [-0.39, 0.29) is 12.2 Å². The molecule has 0 radical (unpaired) electrons. The van der Waals surface area contributed by atoms with E-state index < -0.39 is 61.3 Å². The smallest absolute Gasteiger partial charge is 0.352 e. The second-order valence-corrected chi connectivity index (χ2v) is 6.14. The van der Waals surface area contributed by atoms with Crippen molar-refractivity contribution in [2.45, 2.75) is 48.8 Å². The Bertz CT molecular complexity index is 689. The number of nitrogens with two attached hydrogens (primary N) is 1. The van der Waals surface area contributed by atoms with Crippen molar-refractivity contribution in [3.63, 3.8) is 0 Å². The molecule has 11 heteroatoms. The van der Waals surface area contributed by atoms with E-state index in [1.807, 2.05) is 0 Å². The summed E-state index contributed by atoms with van der Waals surface area (Å²) in [7, 11) is 0. The van der Waals surface area contributed by atoms with Gasteiger partial charge in [-0.3, -0.25) is 4.57 Å². The topological polar surface area (TPSA) is 160 Å². The molecule has 0 spiro atoms. The number of aromatic nitrogens is 2. The molecule has 0 amide bonds. The first kappa shape index (κ1) is 18.2. The summed E-state index contributed by atoms with van der Waals surface area (Å²) in [6.45, 7) is -1.14. The third-order valence-corrected chi connectivity index (χ3v) is 4.63. The number of rotatable bonds is 4. The lowest BCUT2D eigenvalue weighted by Gasteiger charge is -2.38. The minimum Gasteiger partial charge on any atom is -0.394 e. The van der Waals surface area contributed by atoms with Crippen molar-refractivity contribution in [3.05, 3.63) is 22.7 Å². The van der Waals surface area contributed by atoms with Gasteiger partial charge in [0.1, 0.15) is 30.2 Å². The highest BCUT2D eigenvalue weighted by atomic mass is 19.1. The Kier molecular flexibility index (Phi) is 4.79. The molecule has 2 fully saturated rings. The molecule has 7 atom stereocenters. The molecule has 3 rings (SSSR count).